The fraction of sp³-hybridized carbons (Fsp3) is 0.533. The minimum absolute atomic E-state index is 0.319. The van der Waals surface area contributed by atoms with Gasteiger partial charge in [-0.3, -0.25) is 4.68 Å². The van der Waals surface area contributed by atoms with E-state index in [9.17, 15) is 0 Å². The van der Waals surface area contributed by atoms with E-state index in [2.05, 4.69) is 47.2 Å². The highest BCUT2D eigenvalue weighted by Crippen LogP contribution is 2.18. The van der Waals surface area contributed by atoms with Crippen molar-refractivity contribution in [3.8, 4) is 11.9 Å². The maximum atomic E-state index is 5.63. The van der Waals surface area contributed by atoms with Crippen molar-refractivity contribution in [1.82, 2.24) is 25.1 Å². The lowest BCUT2D eigenvalue weighted by Crippen LogP contribution is -2.19. The summed E-state index contributed by atoms with van der Waals surface area (Å²) in [6, 6.07) is 4.36. The quantitative estimate of drug-likeness (QED) is 0.847. The lowest BCUT2D eigenvalue weighted by atomic mass is 10.2. The summed E-state index contributed by atoms with van der Waals surface area (Å²) < 4.78 is 7.23. The number of pyridine rings is 1. The van der Waals surface area contributed by atoms with Crippen molar-refractivity contribution in [2.45, 2.75) is 33.7 Å². The molecule has 2 aromatic heterocycles. The molecule has 0 radical (unpaired) electrons. The highest BCUT2D eigenvalue weighted by Gasteiger charge is 2.07. The molecule has 2 rings (SSSR count). The van der Waals surface area contributed by atoms with Gasteiger partial charge >= 0.3 is 6.01 Å². The summed E-state index contributed by atoms with van der Waals surface area (Å²) in [7, 11) is 1.80. The minimum atomic E-state index is 0.319. The van der Waals surface area contributed by atoms with E-state index in [0.717, 1.165) is 30.8 Å². The van der Waals surface area contributed by atoms with Crippen LogP contribution in [0.15, 0.2) is 18.5 Å². The third kappa shape index (κ3) is 4.82. The Kier molecular flexibility index (Phi) is 5.27. The zero-order valence-electron chi connectivity index (χ0n) is 13.1. The second-order valence-corrected chi connectivity index (χ2v) is 5.49. The molecule has 2 heterocycles. The number of ether oxygens (including phenoxy) is 1. The van der Waals surface area contributed by atoms with Crippen molar-refractivity contribution in [3.05, 3.63) is 29.7 Å². The topological polar surface area (TPSA) is 64.9 Å². The van der Waals surface area contributed by atoms with Crippen LogP contribution in [0.2, 0.25) is 0 Å². The Morgan fingerprint density at radius 2 is 2.14 bits per heavy atom. The maximum Gasteiger partial charge on any atom is 0.342 e. The highest BCUT2D eigenvalue weighted by atomic mass is 16.5. The molecule has 0 unspecified atom stereocenters. The lowest BCUT2D eigenvalue weighted by Gasteiger charge is -2.10. The molecule has 1 N–H and O–H groups in total. The molecule has 0 aliphatic heterocycles. The van der Waals surface area contributed by atoms with Gasteiger partial charge in [-0.15, -0.1) is 5.10 Å². The Balaban J connectivity index is 2.09. The molecule has 114 valence electrons. The first kappa shape index (κ1) is 15.4. The van der Waals surface area contributed by atoms with Gasteiger partial charge in [0, 0.05) is 25.4 Å². The Bertz CT molecular complexity index is 579. The molecule has 0 saturated carbocycles. The van der Waals surface area contributed by atoms with Crippen LogP contribution in [0.1, 0.15) is 32.0 Å². The molecular weight excluding hydrogens is 266 g/mol. The zero-order chi connectivity index (χ0) is 15.2. The summed E-state index contributed by atoms with van der Waals surface area (Å²) in [5.74, 6) is 1.17. The van der Waals surface area contributed by atoms with Gasteiger partial charge in [0.25, 0.3) is 0 Å². The van der Waals surface area contributed by atoms with Crippen LogP contribution < -0.4 is 10.1 Å². The summed E-state index contributed by atoms with van der Waals surface area (Å²) in [6.45, 7) is 8.26. The first-order valence-electron chi connectivity index (χ1n) is 7.31. The van der Waals surface area contributed by atoms with E-state index < -0.39 is 0 Å². The van der Waals surface area contributed by atoms with Crippen molar-refractivity contribution in [2.75, 3.05) is 6.54 Å². The molecule has 0 aliphatic carbocycles. The van der Waals surface area contributed by atoms with Crippen molar-refractivity contribution >= 4 is 0 Å². The van der Waals surface area contributed by atoms with E-state index in [4.69, 9.17) is 4.74 Å². The van der Waals surface area contributed by atoms with Crippen molar-refractivity contribution in [2.24, 2.45) is 13.0 Å². The number of nitrogens with one attached hydrogen (secondary N) is 1. The van der Waals surface area contributed by atoms with Gasteiger partial charge in [-0.2, -0.15) is 4.98 Å². The van der Waals surface area contributed by atoms with E-state index in [1.807, 2.05) is 6.07 Å². The van der Waals surface area contributed by atoms with Crippen molar-refractivity contribution < 1.29 is 4.74 Å². The summed E-state index contributed by atoms with van der Waals surface area (Å²) in [4.78, 5) is 8.52. The molecule has 0 fully saturated rings. The van der Waals surface area contributed by atoms with Crippen LogP contribution >= 0.6 is 0 Å². The van der Waals surface area contributed by atoms with Gasteiger partial charge < -0.3 is 10.1 Å². The smallest absolute Gasteiger partial charge is 0.342 e. The SMILES string of the molecule is CCc1cc(CNCC(C)C)cc(Oc2ncn(C)n2)n1. The Hall–Kier alpha value is -1.95. The zero-order valence-corrected chi connectivity index (χ0v) is 13.1. The number of aromatic nitrogens is 4. The average Bonchev–Trinajstić information content (AvgIpc) is 2.83. The van der Waals surface area contributed by atoms with Gasteiger partial charge in [0.15, 0.2) is 0 Å². The summed E-state index contributed by atoms with van der Waals surface area (Å²) in [5.41, 5.74) is 2.17. The van der Waals surface area contributed by atoms with Gasteiger partial charge in [0.1, 0.15) is 6.33 Å². The molecule has 21 heavy (non-hydrogen) atoms. The molecule has 0 spiro atoms. The van der Waals surface area contributed by atoms with Gasteiger partial charge in [0.05, 0.1) is 0 Å². The minimum Gasteiger partial charge on any atom is -0.404 e. The first-order valence-corrected chi connectivity index (χ1v) is 7.31. The van der Waals surface area contributed by atoms with Crippen LogP contribution in [0.4, 0.5) is 0 Å². The monoisotopic (exact) mass is 289 g/mol. The van der Waals surface area contributed by atoms with E-state index in [1.54, 1.807) is 18.1 Å². The van der Waals surface area contributed by atoms with Crippen LogP contribution in [-0.2, 0) is 20.0 Å². The first-order chi connectivity index (χ1) is 10.1. The molecule has 0 atom stereocenters. The predicted octanol–water partition coefficient (Wildman–Crippen LogP) is 2.31. The normalized spacial score (nSPS) is 11.1. The second-order valence-electron chi connectivity index (χ2n) is 5.49. The van der Waals surface area contributed by atoms with Crippen molar-refractivity contribution in [3.63, 3.8) is 0 Å². The molecule has 0 bridgehead atoms. The fourth-order valence-corrected chi connectivity index (χ4v) is 1.92. The summed E-state index contributed by atoms with van der Waals surface area (Å²) >= 11 is 0. The van der Waals surface area contributed by atoms with Crippen molar-refractivity contribution in [1.29, 1.82) is 0 Å². The predicted molar refractivity (Wildman–Crippen MR) is 81.2 cm³/mol. The molecule has 6 nitrogen and oxygen atoms in total. The fourth-order valence-electron chi connectivity index (χ4n) is 1.92. The molecule has 0 amide bonds. The summed E-state index contributed by atoms with van der Waals surface area (Å²) in [5, 5.41) is 7.53. The average molecular weight is 289 g/mol. The van der Waals surface area contributed by atoms with Gasteiger partial charge in [0.2, 0.25) is 5.88 Å². The second kappa shape index (κ2) is 7.17. The summed E-state index contributed by atoms with van der Waals surface area (Å²) in [6.07, 6.45) is 2.47. The molecule has 6 heteroatoms. The van der Waals surface area contributed by atoms with Gasteiger partial charge in [-0.25, -0.2) is 4.98 Å². The molecule has 2 aromatic rings. The Morgan fingerprint density at radius 1 is 1.33 bits per heavy atom. The van der Waals surface area contributed by atoms with E-state index in [1.165, 1.54) is 0 Å². The number of nitrogens with zero attached hydrogens (tertiary/aromatic N) is 4. The van der Waals surface area contributed by atoms with E-state index >= 15 is 0 Å². The van der Waals surface area contributed by atoms with E-state index in [-0.39, 0.29) is 0 Å². The van der Waals surface area contributed by atoms with Gasteiger partial charge in [-0.05, 0) is 30.5 Å². The maximum absolute atomic E-state index is 5.63. The third-order valence-corrected chi connectivity index (χ3v) is 2.93. The number of hydrogen-bond acceptors (Lipinski definition) is 5. The standard InChI is InChI=1S/C15H23N5O/c1-5-13-6-12(9-16-8-11(2)3)7-14(18-13)21-15-17-10-20(4)19-15/h6-7,10-11,16H,5,8-9H2,1-4H3. The number of hydrogen-bond donors (Lipinski definition) is 1. The lowest BCUT2D eigenvalue weighted by molar-refractivity contribution is 0.420. The van der Waals surface area contributed by atoms with Crippen LogP contribution in [0.3, 0.4) is 0 Å². The molecule has 0 aromatic carbocycles. The molecule has 0 saturated heterocycles. The van der Waals surface area contributed by atoms with E-state index in [0.29, 0.717) is 17.8 Å². The van der Waals surface area contributed by atoms with Gasteiger partial charge in [-0.1, -0.05) is 20.8 Å². The number of aryl methyl sites for hydroxylation is 2. The van der Waals surface area contributed by atoms with Crippen LogP contribution in [-0.4, -0.2) is 26.3 Å². The highest BCUT2D eigenvalue weighted by molar-refractivity contribution is 5.26. The Morgan fingerprint density at radius 3 is 2.76 bits per heavy atom. The molecule has 0 aliphatic rings. The number of rotatable bonds is 7. The molecular formula is C15H23N5O. The van der Waals surface area contributed by atoms with Crippen LogP contribution in [0, 0.1) is 5.92 Å². The largest absolute Gasteiger partial charge is 0.404 e. The third-order valence-electron chi connectivity index (χ3n) is 2.93. The van der Waals surface area contributed by atoms with Crippen LogP contribution in [0.5, 0.6) is 11.9 Å². The Labute approximate surface area is 125 Å². The van der Waals surface area contributed by atoms with Crippen LogP contribution in [0.25, 0.3) is 0 Å².